The van der Waals surface area contributed by atoms with Gasteiger partial charge in [0.1, 0.15) is 0 Å². The highest BCUT2D eigenvalue weighted by molar-refractivity contribution is 7.16. The lowest BCUT2D eigenvalue weighted by atomic mass is 10.4. The second kappa shape index (κ2) is 4.99. The smallest absolute Gasteiger partial charge is 0.325 e. The molecule has 0 saturated heterocycles. The van der Waals surface area contributed by atoms with E-state index in [-0.39, 0.29) is 5.00 Å². The molecule has 0 spiro atoms. The van der Waals surface area contributed by atoms with Gasteiger partial charge in [-0.05, 0) is 30.0 Å². The number of thiophene rings is 2. The van der Waals surface area contributed by atoms with Crippen molar-refractivity contribution in [2.24, 2.45) is 0 Å². The fraction of sp³-hybridized carbons (Fsp3) is 0.0909. The molecular weight excluding hydrogens is 258 g/mol. The number of methoxy groups -OCH3 is 1. The Balaban J connectivity index is 2.17. The molecule has 0 amide bonds. The van der Waals surface area contributed by atoms with Gasteiger partial charge in [-0.1, -0.05) is 22.7 Å². The second-order valence-electron chi connectivity index (χ2n) is 2.97. The van der Waals surface area contributed by atoms with E-state index in [0.29, 0.717) is 4.88 Å². The van der Waals surface area contributed by atoms with E-state index >= 15 is 0 Å². The quantitative estimate of drug-likeness (QED) is 0.476. The van der Waals surface area contributed by atoms with Crippen molar-refractivity contribution in [2.75, 3.05) is 7.11 Å². The molecule has 86 valence electrons. The number of hydrogen-bond acceptors (Lipinski definition) is 5. The van der Waals surface area contributed by atoms with Gasteiger partial charge in [-0.15, -0.1) is 0 Å². The van der Waals surface area contributed by atoms with Crippen molar-refractivity contribution in [3.63, 3.8) is 0 Å². The van der Waals surface area contributed by atoms with Gasteiger partial charge in [0.25, 0.3) is 0 Å². The monoisotopic (exact) mass is 265 g/mol. The fourth-order valence-electron chi connectivity index (χ4n) is 1.11. The van der Waals surface area contributed by atoms with Crippen LogP contribution in [0.3, 0.4) is 0 Å². The molecule has 0 bridgehead atoms. The largest absolute Gasteiger partial charge is 0.487 e. The molecule has 0 unspecified atom stereocenters. The Hall–Kier alpha value is -1.84. The third kappa shape index (κ3) is 2.84. The zero-order valence-corrected chi connectivity index (χ0v) is 10.4. The summed E-state index contributed by atoms with van der Waals surface area (Å²) in [6.45, 7) is 0. The van der Waals surface area contributed by atoms with Crippen LogP contribution in [0.25, 0.3) is 0 Å². The average molecular weight is 265 g/mol. The zero-order chi connectivity index (χ0) is 12.3. The SMILES string of the molecule is COc1ccc(C#Cc2ccc([N+](=O)[O-])s2)s1. The minimum Gasteiger partial charge on any atom is -0.487 e. The number of ether oxygens (including phenoxy) is 1. The summed E-state index contributed by atoms with van der Waals surface area (Å²) in [5.41, 5.74) is 0. The van der Waals surface area contributed by atoms with Crippen LogP contribution in [0.4, 0.5) is 5.00 Å². The summed E-state index contributed by atoms with van der Waals surface area (Å²) < 4.78 is 5.05. The second-order valence-corrected chi connectivity index (χ2v) is 5.08. The molecule has 0 N–H and O–H groups in total. The molecule has 0 aliphatic rings. The van der Waals surface area contributed by atoms with Crippen molar-refractivity contribution in [2.45, 2.75) is 0 Å². The van der Waals surface area contributed by atoms with Crippen LogP contribution in [0.2, 0.25) is 0 Å². The van der Waals surface area contributed by atoms with E-state index in [4.69, 9.17) is 4.74 Å². The normalized spacial score (nSPS) is 9.47. The molecule has 6 heteroatoms. The highest BCUT2D eigenvalue weighted by atomic mass is 32.1. The Kier molecular flexibility index (Phi) is 3.42. The molecule has 0 aliphatic heterocycles. The van der Waals surface area contributed by atoms with Crippen LogP contribution in [0, 0.1) is 22.0 Å². The van der Waals surface area contributed by atoms with E-state index in [1.54, 1.807) is 13.2 Å². The van der Waals surface area contributed by atoms with Gasteiger partial charge in [-0.25, -0.2) is 0 Å². The van der Waals surface area contributed by atoms with Gasteiger partial charge in [0, 0.05) is 6.07 Å². The van der Waals surface area contributed by atoms with Crippen molar-refractivity contribution in [1.82, 2.24) is 0 Å². The van der Waals surface area contributed by atoms with Crippen LogP contribution in [0.1, 0.15) is 9.75 Å². The van der Waals surface area contributed by atoms with E-state index in [9.17, 15) is 10.1 Å². The minimum atomic E-state index is -0.413. The van der Waals surface area contributed by atoms with Gasteiger partial charge in [0.05, 0.1) is 21.8 Å². The molecule has 0 fully saturated rings. The first-order valence-corrected chi connectivity index (χ1v) is 6.22. The van der Waals surface area contributed by atoms with Crippen LogP contribution in [0.5, 0.6) is 5.06 Å². The molecule has 2 aromatic rings. The number of nitrogens with zero attached hydrogens (tertiary/aromatic N) is 1. The predicted octanol–water partition coefficient (Wildman–Crippen LogP) is 3.13. The Morgan fingerprint density at radius 2 is 1.82 bits per heavy atom. The summed E-state index contributed by atoms with van der Waals surface area (Å²) in [4.78, 5) is 11.6. The third-order valence-electron chi connectivity index (χ3n) is 1.86. The van der Waals surface area contributed by atoms with E-state index < -0.39 is 4.92 Å². The van der Waals surface area contributed by atoms with E-state index in [1.807, 2.05) is 12.1 Å². The van der Waals surface area contributed by atoms with Gasteiger partial charge >= 0.3 is 5.00 Å². The van der Waals surface area contributed by atoms with Gasteiger partial charge < -0.3 is 4.74 Å². The fourth-order valence-corrected chi connectivity index (χ4v) is 2.46. The maximum atomic E-state index is 10.5. The summed E-state index contributed by atoms with van der Waals surface area (Å²) in [5.74, 6) is 5.84. The molecule has 0 aromatic carbocycles. The highest BCUT2D eigenvalue weighted by Gasteiger charge is 2.07. The molecule has 0 saturated carbocycles. The zero-order valence-electron chi connectivity index (χ0n) is 8.80. The number of hydrogen-bond donors (Lipinski definition) is 0. The van der Waals surface area contributed by atoms with Crippen LogP contribution in [-0.4, -0.2) is 12.0 Å². The molecule has 2 heterocycles. The minimum absolute atomic E-state index is 0.109. The molecule has 4 nitrogen and oxygen atoms in total. The first kappa shape index (κ1) is 11.6. The summed E-state index contributed by atoms with van der Waals surface area (Å²) in [6, 6.07) is 6.81. The summed E-state index contributed by atoms with van der Waals surface area (Å²) in [7, 11) is 1.60. The molecule has 17 heavy (non-hydrogen) atoms. The van der Waals surface area contributed by atoms with Crippen LogP contribution >= 0.6 is 22.7 Å². The van der Waals surface area contributed by atoms with E-state index in [1.165, 1.54) is 17.4 Å². The summed E-state index contributed by atoms with van der Waals surface area (Å²) in [5, 5.41) is 11.4. The molecule has 0 aliphatic carbocycles. The Morgan fingerprint density at radius 1 is 1.18 bits per heavy atom. The van der Waals surface area contributed by atoms with Crippen LogP contribution in [-0.2, 0) is 0 Å². The first-order chi connectivity index (χ1) is 8.19. The van der Waals surface area contributed by atoms with Crippen molar-refractivity contribution in [3.8, 4) is 16.9 Å². The van der Waals surface area contributed by atoms with Crippen molar-refractivity contribution in [3.05, 3.63) is 44.1 Å². The molecule has 0 atom stereocenters. The molecular formula is C11H7NO3S2. The average Bonchev–Trinajstić information content (AvgIpc) is 2.95. The Bertz CT molecular complexity index is 604. The Morgan fingerprint density at radius 3 is 2.35 bits per heavy atom. The number of nitro groups is 1. The maximum Gasteiger partial charge on any atom is 0.325 e. The standard InChI is InChI=1S/C11H7NO3S2/c1-15-11-7-5-9(17-11)3-2-8-4-6-10(16-8)12(13)14/h4-7H,1H3. The lowest BCUT2D eigenvalue weighted by Crippen LogP contribution is -1.80. The molecule has 2 rings (SSSR count). The first-order valence-electron chi connectivity index (χ1n) is 4.59. The van der Waals surface area contributed by atoms with Crippen LogP contribution < -0.4 is 4.74 Å². The Labute approximate surface area is 106 Å². The predicted molar refractivity (Wildman–Crippen MR) is 67.8 cm³/mol. The lowest BCUT2D eigenvalue weighted by Gasteiger charge is -1.87. The maximum absolute atomic E-state index is 10.5. The number of rotatable bonds is 2. The van der Waals surface area contributed by atoms with Gasteiger partial charge in [0.15, 0.2) is 5.06 Å². The molecule has 0 radical (unpaired) electrons. The van der Waals surface area contributed by atoms with Gasteiger partial charge in [0.2, 0.25) is 0 Å². The summed E-state index contributed by atoms with van der Waals surface area (Å²) >= 11 is 2.51. The lowest BCUT2D eigenvalue weighted by molar-refractivity contribution is -0.380. The van der Waals surface area contributed by atoms with Crippen molar-refractivity contribution < 1.29 is 9.66 Å². The van der Waals surface area contributed by atoms with Crippen molar-refractivity contribution >= 4 is 27.7 Å². The summed E-state index contributed by atoms with van der Waals surface area (Å²) in [6.07, 6.45) is 0. The topological polar surface area (TPSA) is 52.4 Å². The van der Waals surface area contributed by atoms with Crippen LogP contribution in [0.15, 0.2) is 24.3 Å². The molecule has 2 aromatic heterocycles. The third-order valence-corrected chi connectivity index (χ3v) is 3.78. The highest BCUT2D eigenvalue weighted by Crippen LogP contribution is 2.25. The van der Waals surface area contributed by atoms with E-state index in [0.717, 1.165) is 21.3 Å². The van der Waals surface area contributed by atoms with Gasteiger partial charge in [-0.2, -0.15) is 0 Å². The van der Waals surface area contributed by atoms with Crippen molar-refractivity contribution in [1.29, 1.82) is 0 Å². The van der Waals surface area contributed by atoms with E-state index in [2.05, 4.69) is 11.8 Å². The van der Waals surface area contributed by atoms with Gasteiger partial charge in [-0.3, -0.25) is 10.1 Å².